The fourth-order valence-electron chi connectivity index (χ4n) is 1.61. The summed E-state index contributed by atoms with van der Waals surface area (Å²) in [6.07, 6.45) is 1.55. The third kappa shape index (κ3) is 4.67. The van der Waals surface area contributed by atoms with Gasteiger partial charge >= 0.3 is 0 Å². The molecular weight excluding hydrogens is 260 g/mol. The summed E-state index contributed by atoms with van der Waals surface area (Å²) < 4.78 is 26.9. The molecule has 4 nitrogen and oxygen atoms in total. The van der Waals surface area contributed by atoms with Gasteiger partial charge in [0.15, 0.2) is 0 Å². The van der Waals surface area contributed by atoms with E-state index in [1.54, 1.807) is 24.3 Å². The first-order chi connectivity index (χ1) is 9.03. The van der Waals surface area contributed by atoms with Crippen LogP contribution in [0.25, 0.3) is 0 Å². The number of rotatable bonds is 5. The highest BCUT2D eigenvalue weighted by molar-refractivity contribution is 7.89. The van der Waals surface area contributed by atoms with Crippen LogP contribution in [0.5, 0.6) is 0 Å². The van der Waals surface area contributed by atoms with Gasteiger partial charge in [-0.3, -0.25) is 0 Å². The Morgan fingerprint density at radius 3 is 2.26 bits per heavy atom. The number of nitrogens with one attached hydrogen (secondary N) is 1. The van der Waals surface area contributed by atoms with Crippen molar-refractivity contribution in [2.45, 2.75) is 37.6 Å². The lowest BCUT2D eigenvalue weighted by Crippen LogP contribution is -2.33. The van der Waals surface area contributed by atoms with Crippen molar-refractivity contribution in [1.82, 2.24) is 4.72 Å². The summed E-state index contributed by atoms with van der Waals surface area (Å²) in [6, 6.07) is 6.46. The van der Waals surface area contributed by atoms with Crippen molar-refractivity contribution < 1.29 is 8.42 Å². The van der Waals surface area contributed by atoms with Crippen LogP contribution in [0, 0.1) is 11.8 Å². The molecule has 0 atom stereocenters. The van der Waals surface area contributed by atoms with E-state index in [0.717, 1.165) is 18.4 Å². The summed E-state index contributed by atoms with van der Waals surface area (Å²) >= 11 is 0. The first kappa shape index (κ1) is 15.7. The number of hydrogen-bond acceptors (Lipinski definition) is 3. The molecule has 1 aromatic rings. The van der Waals surface area contributed by atoms with E-state index in [1.165, 1.54) is 0 Å². The highest BCUT2D eigenvalue weighted by Crippen LogP contribution is 2.12. The lowest BCUT2D eigenvalue weighted by Gasteiger charge is -2.14. The van der Waals surface area contributed by atoms with Crippen LogP contribution in [-0.4, -0.2) is 21.0 Å². The Labute approximate surface area is 115 Å². The molecule has 0 bridgehead atoms. The molecule has 0 saturated heterocycles. The lowest BCUT2D eigenvalue weighted by atomic mass is 10.2. The Hall–Kier alpha value is -1.35. The normalized spacial score (nSPS) is 11.2. The van der Waals surface area contributed by atoms with Crippen LogP contribution >= 0.6 is 0 Å². The third-order valence-corrected chi connectivity index (χ3v) is 4.34. The first-order valence-electron chi connectivity index (χ1n) is 6.34. The molecule has 1 aromatic carbocycles. The second-order valence-corrected chi connectivity index (χ2v) is 5.88. The molecular formula is C14H20N2O2S. The van der Waals surface area contributed by atoms with E-state index in [4.69, 9.17) is 5.73 Å². The van der Waals surface area contributed by atoms with Gasteiger partial charge in [0, 0.05) is 11.6 Å². The summed E-state index contributed by atoms with van der Waals surface area (Å²) in [7, 11) is -3.44. The Morgan fingerprint density at radius 2 is 1.79 bits per heavy atom. The second kappa shape index (κ2) is 7.29. The van der Waals surface area contributed by atoms with Gasteiger partial charge in [0.2, 0.25) is 10.0 Å². The van der Waals surface area contributed by atoms with Crippen molar-refractivity contribution in [2.24, 2.45) is 5.73 Å². The maximum atomic E-state index is 12.1. The minimum Gasteiger partial charge on any atom is -0.320 e. The Balaban J connectivity index is 2.90. The highest BCUT2D eigenvalue weighted by atomic mass is 32.2. The van der Waals surface area contributed by atoms with E-state index in [0.29, 0.717) is 0 Å². The monoisotopic (exact) mass is 280 g/mol. The molecule has 0 fully saturated rings. The van der Waals surface area contributed by atoms with Crippen molar-refractivity contribution >= 4 is 10.0 Å². The Kier molecular flexibility index (Phi) is 6.03. The van der Waals surface area contributed by atoms with E-state index in [2.05, 4.69) is 16.6 Å². The van der Waals surface area contributed by atoms with Crippen LogP contribution in [0.3, 0.4) is 0 Å². The van der Waals surface area contributed by atoms with Gasteiger partial charge < -0.3 is 5.73 Å². The summed E-state index contributed by atoms with van der Waals surface area (Å²) in [5.41, 5.74) is 6.04. The van der Waals surface area contributed by atoms with E-state index in [9.17, 15) is 8.42 Å². The fraction of sp³-hybridized carbons (Fsp3) is 0.429. The molecule has 5 heteroatoms. The zero-order chi connectivity index (χ0) is 14.3. The Morgan fingerprint density at radius 1 is 1.21 bits per heavy atom. The summed E-state index contributed by atoms with van der Waals surface area (Å²) in [5, 5.41) is 0. The fourth-order valence-corrected chi connectivity index (χ4v) is 3.02. The smallest absolute Gasteiger partial charge is 0.240 e. The molecule has 0 aliphatic heterocycles. The third-order valence-electron chi connectivity index (χ3n) is 2.81. The number of hydrogen-bond donors (Lipinski definition) is 2. The second-order valence-electron chi connectivity index (χ2n) is 4.16. The summed E-state index contributed by atoms with van der Waals surface area (Å²) in [6.45, 7) is 4.21. The average molecular weight is 280 g/mol. The Bertz CT molecular complexity index is 549. The lowest BCUT2D eigenvalue weighted by molar-refractivity contribution is 0.530. The molecule has 0 spiro atoms. The zero-order valence-corrected chi connectivity index (χ0v) is 12.1. The first-order valence-corrected chi connectivity index (χ1v) is 7.83. The molecule has 0 aromatic heterocycles. The molecule has 1 rings (SSSR count). The van der Waals surface area contributed by atoms with Gasteiger partial charge in [0.25, 0.3) is 0 Å². The largest absolute Gasteiger partial charge is 0.320 e. The minimum atomic E-state index is -3.44. The molecule has 3 N–H and O–H groups in total. The molecule has 0 unspecified atom stereocenters. The SMILES string of the molecule is CCC(CC)NS(=O)(=O)c1ccc(C#CCN)cc1. The van der Waals surface area contributed by atoms with E-state index in [1.807, 2.05) is 13.8 Å². The van der Waals surface area contributed by atoms with Crippen LogP contribution in [0.4, 0.5) is 0 Å². The molecule has 104 valence electrons. The summed E-state index contributed by atoms with van der Waals surface area (Å²) in [5.74, 6) is 5.58. The van der Waals surface area contributed by atoms with Gasteiger partial charge in [-0.1, -0.05) is 25.7 Å². The van der Waals surface area contributed by atoms with Crippen molar-refractivity contribution in [3.05, 3.63) is 29.8 Å². The van der Waals surface area contributed by atoms with Gasteiger partial charge in [-0.05, 0) is 37.1 Å². The topological polar surface area (TPSA) is 72.2 Å². The molecule has 0 saturated carbocycles. The molecule has 0 radical (unpaired) electrons. The number of nitrogens with two attached hydrogens (primary N) is 1. The van der Waals surface area contributed by atoms with E-state index < -0.39 is 10.0 Å². The van der Waals surface area contributed by atoms with Crippen LogP contribution in [0.15, 0.2) is 29.2 Å². The average Bonchev–Trinajstić information content (AvgIpc) is 2.43. The molecule has 19 heavy (non-hydrogen) atoms. The van der Waals surface area contributed by atoms with Crippen molar-refractivity contribution in [3.63, 3.8) is 0 Å². The zero-order valence-electron chi connectivity index (χ0n) is 11.3. The minimum absolute atomic E-state index is 0.0262. The predicted octanol–water partition coefficient (Wildman–Crippen LogP) is 1.46. The number of sulfonamides is 1. The van der Waals surface area contributed by atoms with Crippen molar-refractivity contribution in [1.29, 1.82) is 0 Å². The van der Waals surface area contributed by atoms with Crippen LogP contribution < -0.4 is 10.5 Å². The molecule has 0 aliphatic carbocycles. The van der Waals surface area contributed by atoms with Crippen LogP contribution in [0.2, 0.25) is 0 Å². The maximum Gasteiger partial charge on any atom is 0.240 e. The van der Waals surface area contributed by atoms with Crippen molar-refractivity contribution in [3.8, 4) is 11.8 Å². The van der Waals surface area contributed by atoms with E-state index in [-0.39, 0.29) is 17.5 Å². The van der Waals surface area contributed by atoms with Gasteiger partial charge in [0.1, 0.15) is 0 Å². The highest BCUT2D eigenvalue weighted by Gasteiger charge is 2.17. The van der Waals surface area contributed by atoms with Crippen molar-refractivity contribution in [2.75, 3.05) is 6.54 Å². The van der Waals surface area contributed by atoms with Gasteiger partial charge in [-0.2, -0.15) is 0 Å². The standard InChI is InChI=1S/C14H20N2O2S/c1-3-13(4-2)16-19(17,18)14-9-7-12(8-10-14)6-5-11-15/h7-10,13,16H,3-4,11,15H2,1-2H3. The number of benzene rings is 1. The van der Waals surface area contributed by atoms with Crippen LogP contribution in [0.1, 0.15) is 32.3 Å². The molecule has 0 heterocycles. The molecule has 0 amide bonds. The predicted molar refractivity (Wildman–Crippen MR) is 77.1 cm³/mol. The van der Waals surface area contributed by atoms with Gasteiger partial charge in [-0.15, -0.1) is 0 Å². The van der Waals surface area contributed by atoms with E-state index >= 15 is 0 Å². The maximum absolute atomic E-state index is 12.1. The van der Waals surface area contributed by atoms with Crippen LogP contribution in [-0.2, 0) is 10.0 Å². The van der Waals surface area contributed by atoms with Gasteiger partial charge in [0.05, 0.1) is 11.4 Å². The molecule has 0 aliphatic rings. The quantitative estimate of drug-likeness (QED) is 0.802. The van der Waals surface area contributed by atoms with Gasteiger partial charge in [-0.25, -0.2) is 13.1 Å². The summed E-state index contributed by atoms with van der Waals surface area (Å²) in [4.78, 5) is 0.262.